The van der Waals surface area contributed by atoms with E-state index in [1.807, 2.05) is 13.1 Å². The van der Waals surface area contributed by atoms with E-state index in [2.05, 4.69) is 23.3 Å². The molecule has 1 aromatic rings. The van der Waals surface area contributed by atoms with Crippen LogP contribution >= 0.6 is 0 Å². The van der Waals surface area contributed by atoms with Gasteiger partial charge in [0, 0.05) is 30.7 Å². The third kappa shape index (κ3) is 2.95. The average molecular weight is 220 g/mol. The van der Waals surface area contributed by atoms with E-state index >= 15 is 0 Å². The molecule has 1 N–H and O–H groups in total. The molecule has 0 bridgehead atoms. The summed E-state index contributed by atoms with van der Waals surface area (Å²) in [6, 6.07) is 2.10. The minimum atomic E-state index is 0.377. The highest BCUT2D eigenvalue weighted by Gasteiger charge is 2.13. The van der Waals surface area contributed by atoms with Crippen molar-refractivity contribution in [2.24, 2.45) is 0 Å². The average Bonchev–Trinajstić information content (AvgIpc) is 2.32. The van der Waals surface area contributed by atoms with Gasteiger partial charge < -0.3 is 10.1 Å². The van der Waals surface area contributed by atoms with E-state index in [1.165, 1.54) is 30.5 Å². The summed E-state index contributed by atoms with van der Waals surface area (Å²) in [6.07, 6.45) is 5.97. The van der Waals surface area contributed by atoms with Gasteiger partial charge in [-0.05, 0) is 44.7 Å². The zero-order valence-corrected chi connectivity index (χ0v) is 10.1. The van der Waals surface area contributed by atoms with Gasteiger partial charge in [-0.25, -0.2) is 0 Å². The van der Waals surface area contributed by atoms with Crippen LogP contribution in [0.1, 0.15) is 30.5 Å². The molecule has 0 spiro atoms. The fraction of sp³-hybridized carbons (Fsp3) is 0.615. The summed E-state index contributed by atoms with van der Waals surface area (Å²) in [6.45, 7) is 5.92. The number of hydrogen-bond acceptors (Lipinski definition) is 3. The van der Waals surface area contributed by atoms with Crippen molar-refractivity contribution in [2.45, 2.75) is 39.2 Å². The van der Waals surface area contributed by atoms with Gasteiger partial charge in [-0.1, -0.05) is 0 Å². The van der Waals surface area contributed by atoms with Gasteiger partial charge in [0.1, 0.15) is 0 Å². The van der Waals surface area contributed by atoms with Crippen LogP contribution in [0.25, 0.3) is 0 Å². The van der Waals surface area contributed by atoms with Crippen molar-refractivity contribution < 1.29 is 4.74 Å². The maximum absolute atomic E-state index is 5.69. The van der Waals surface area contributed by atoms with Crippen molar-refractivity contribution in [1.29, 1.82) is 0 Å². The number of rotatable bonds is 3. The zero-order chi connectivity index (χ0) is 11.4. The summed E-state index contributed by atoms with van der Waals surface area (Å²) >= 11 is 0. The molecule has 0 amide bonds. The molecular weight excluding hydrogens is 200 g/mol. The summed E-state index contributed by atoms with van der Waals surface area (Å²) in [7, 11) is 0. The first kappa shape index (κ1) is 11.4. The number of ether oxygens (including phenoxy) is 1. The minimum Gasteiger partial charge on any atom is -0.382 e. The molecule has 16 heavy (non-hydrogen) atoms. The summed E-state index contributed by atoms with van der Waals surface area (Å²) in [5.41, 5.74) is 3.43. The van der Waals surface area contributed by atoms with Crippen molar-refractivity contribution in [3.8, 4) is 0 Å². The quantitative estimate of drug-likeness (QED) is 0.850. The van der Waals surface area contributed by atoms with Gasteiger partial charge in [0.15, 0.2) is 0 Å². The molecule has 0 unspecified atom stereocenters. The van der Waals surface area contributed by atoms with Crippen LogP contribution in [0, 0.1) is 13.8 Å². The van der Waals surface area contributed by atoms with Crippen molar-refractivity contribution in [3.05, 3.63) is 23.5 Å². The highest BCUT2D eigenvalue weighted by atomic mass is 16.5. The maximum Gasteiger partial charge on any atom is 0.0747 e. The molecule has 0 saturated carbocycles. The van der Waals surface area contributed by atoms with Crippen molar-refractivity contribution in [3.63, 3.8) is 0 Å². The number of anilines is 1. The standard InChI is InChI=1S/C13H20N2O/c1-10-8-14-11(2)7-13(10)15-9-12-5-3-4-6-16-12/h7-8,12H,3-6,9H2,1-2H3,(H,14,15)/t12-/m1/s1. The molecule has 1 saturated heterocycles. The van der Waals surface area contributed by atoms with Crippen LogP contribution in [0.3, 0.4) is 0 Å². The predicted octanol–water partition coefficient (Wildman–Crippen LogP) is 2.68. The number of nitrogens with zero attached hydrogens (tertiary/aromatic N) is 1. The molecule has 1 aliphatic rings. The lowest BCUT2D eigenvalue weighted by Crippen LogP contribution is -2.27. The molecule has 1 atom stereocenters. The molecular formula is C13H20N2O. The molecule has 3 heteroatoms. The van der Waals surface area contributed by atoms with Crippen LogP contribution in [0.4, 0.5) is 5.69 Å². The fourth-order valence-electron chi connectivity index (χ4n) is 2.01. The highest BCUT2D eigenvalue weighted by molar-refractivity contribution is 5.50. The van der Waals surface area contributed by atoms with Crippen LogP contribution in [-0.4, -0.2) is 24.2 Å². The molecule has 1 aromatic heterocycles. The van der Waals surface area contributed by atoms with Crippen LogP contribution in [0.2, 0.25) is 0 Å². The molecule has 88 valence electrons. The van der Waals surface area contributed by atoms with Crippen molar-refractivity contribution >= 4 is 5.69 Å². The second-order valence-electron chi connectivity index (χ2n) is 4.51. The number of nitrogens with one attached hydrogen (secondary N) is 1. The second kappa shape index (κ2) is 5.30. The summed E-state index contributed by atoms with van der Waals surface area (Å²) in [4.78, 5) is 4.26. The van der Waals surface area contributed by atoms with Gasteiger partial charge >= 0.3 is 0 Å². The Morgan fingerprint density at radius 3 is 3.06 bits per heavy atom. The Bertz CT molecular complexity index is 346. The lowest BCUT2D eigenvalue weighted by atomic mass is 10.1. The van der Waals surface area contributed by atoms with Gasteiger partial charge in [0.2, 0.25) is 0 Å². The SMILES string of the molecule is Cc1cc(NC[C@H]2CCCCO2)c(C)cn1. The molecule has 0 aromatic carbocycles. The smallest absolute Gasteiger partial charge is 0.0747 e. The first-order valence-corrected chi connectivity index (χ1v) is 6.04. The van der Waals surface area contributed by atoms with Gasteiger partial charge in [0.25, 0.3) is 0 Å². The van der Waals surface area contributed by atoms with E-state index in [4.69, 9.17) is 4.74 Å². The van der Waals surface area contributed by atoms with Gasteiger partial charge in [-0.2, -0.15) is 0 Å². The summed E-state index contributed by atoms with van der Waals surface area (Å²) in [5, 5.41) is 3.46. The van der Waals surface area contributed by atoms with Crippen LogP contribution in [0.15, 0.2) is 12.3 Å². The lowest BCUT2D eigenvalue weighted by molar-refractivity contribution is 0.0247. The molecule has 2 heterocycles. The summed E-state index contributed by atoms with van der Waals surface area (Å²) < 4.78 is 5.69. The number of hydrogen-bond donors (Lipinski definition) is 1. The molecule has 1 aliphatic heterocycles. The lowest BCUT2D eigenvalue weighted by Gasteiger charge is -2.23. The first-order valence-electron chi connectivity index (χ1n) is 6.04. The number of aryl methyl sites for hydroxylation is 2. The Hall–Kier alpha value is -1.09. The third-order valence-electron chi connectivity index (χ3n) is 3.03. The van der Waals surface area contributed by atoms with Gasteiger partial charge in [0.05, 0.1) is 6.10 Å². The summed E-state index contributed by atoms with van der Waals surface area (Å²) in [5.74, 6) is 0. The fourth-order valence-corrected chi connectivity index (χ4v) is 2.01. The Balaban J connectivity index is 1.90. The maximum atomic E-state index is 5.69. The molecule has 3 nitrogen and oxygen atoms in total. The van der Waals surface area contributed by atoms with Crippen LogP contribution in [0.5, 0.6) is 0 Å². The van der Waals surface area contributed by atoms with Crippen molar-refractivity contribution in [2.75, 3.05) is 18.5 Å². The largest absolute Gasteiger partial charge is 0.382 e. The normalized spacial score (nSPS) is 20.8. The topological polar surface area (TPSA) is 34.1 Å². The van der Waals surface area contributed by atoms with Gasteiger partial charge in [-0.3, -0.25) is 4.98 Å². The van der Waals surface area contributed by atoms with E-state index < -0.39 is 0 Å². The van der Waals surface area contributed by atoms with E-state index in [9.17, 15) is 0 Å². The Morgan fingerprint density at radius 2 is 2.31 bits per heavy atom. The minimum absolute atomic E-state index is 0.377. The second-order valence-corrected chi connectivity index (χ2v) is 4.51. The van der Waals surface area contributed by atoms with Crippen LogP contribution < -0.4 is 5.32 Å². The van der Waals surface area contributed by atoms with E-state index in [0.717, 1.165) is 18.8 Å². The Kier molecular flexibility index (Phi) is 3.78. The molecule has 0 aliphatic carbocycles. The molecule has 1 fully saturated rings. The Labute approximate surface area is 97.2 Å². The van der Waals surface area contributed by atoms with Gasteiger partial charge in [-0.15, -0.1) is 0 Å². The zero-order valence-electron chi connectivity index (χ0n) is 10.1. The molecule has 0 radical (unpaired) electrons. The first-order chi connectivity index (χ1) is 7.75. The van der Waals surface area contributed by atoms with E-state index in [-0.39, 0.29) is 0 Å². The predicted molar refractivity (Wildman–Crippen MR) is 65.8 cm³/mol. The van der Waals surface area contributed by atoms with Crippen molar-refractivity contribution in [1.82, 2.24) is 4.98 Å². The molecule has 2 rings (SSSR count). The highest BCUT2D eigenvalue weighted by Crippen LogP contribution is 2.17. The third-order valence-corrected chi connectivity index (χ3v) is 3.03. The van der Waals surface area contributed by atoms with E-state index in [0.29, 0.717) is 6.10 Å². The van der Waals surface area contributed by atoms with Crippen LogP contribution in [-0.2, 0) is 4.74 Å². The number of aromatic nitrogens is 1. The van der Waals surface area contributed by atoms with E-state index in [1.54, 1.807) is 0 Å². The monoisotopic (exact) mass is 220 g/mol. The number of pyridine rings is 1. The Morgan fingerprint density at radius 1 is 1.44 bits per heavy atom.